The molecule has 0 bridgehead atoms. The van der Waals surface area contributed by atoms with E-state index in [1.54, 1.807) is 4.90 Å². The molecular formula is C24H19N3O2. The van der Waals surface area contributed by atoms with Gasteiger partial charge in [0, 0.05) is 28.8 Å². The van der Waals surface area contributed by atoms with Crippen LogP contribution < -0.4 is 10.7 Å². The second-order valence-corrected chi connectivity index (χ2v) is 7.91. The van der Waals surface area contributed by atoms with E-state index in [2.05, 4.69) is 6.07 Å². The zero-order chi connectivity index (χ0) is 19.7. The summed E-state index contributed by atoms with van der Waals surface area (Å²) in [5.74, 6) is 0.0102. The molecule has 0 atom stereocenters. The molecule has 0 radical (unpaired) electrons. The van der Waals surface area contributed by atoms with Crippen molar-refractivity contribution >= 4 is 17.3 Å². The van der Waals surface area contributed by atoms with Crippen LogP contribution in [0.2, 0.25) is 0 Å². The number of hydrogen-bond donors (Lipinski definition) is 0. The Bertz CT molecular complexity index is 1340. The molecule has 3 aliphatic rings. The van der Waals surface area contributed by atoms with Crippen LogP contribution in [0.15, 0.2) is 58.5 Å². The Morgan fingerprint density at radius 1 is 0.897 bits per heavy atom. The van der Waals surface area contributed by atoms with Gasteiger partial charge in [0.05, 0.1) is 33.8 Å². The molecule has 3 aliphatic heterocycles. The fourth-order valence-corrected chi connectivity index (χ4v) is 4.51. The first-order valence-corrected chi connectivity index (χ1v) is 9.89. The van der Waals surface area contributed by atoms with Crippen molar-refractivity contribution < 1.29 is 9.53 Å². The van der Waals surface area contributed by atoms with Crippen LogP contribution in [-0.2, 0) is 11.3 Å². The second-order valence-electron chi connectivity index (χ2n) is 7.91. The van der Waals surface area contributed by atoms with Crippen LogP contribution in [0.25, 0.3) is 22.3 Å². The quantitative estimate of drug-likeness (QED) is 0.476. The molecule has 6 rings (SSSR count). The van der Waals surface area contributed by atoms with Crippen molar-refractivity contribution in [3.05, 3.63) is 70.4 Å². The maximum atomic E-state index is 13.5. The van der Waals surface area contributed by atoms with Crippen LogP contribution in [0.3, 0.4) is 0 Å². The minimum Gasteiger partial charge on any atom is -0.358 e. The van der Waals surface area contributed by atoms with E-state index in [0.717, 1.165) is 55.5 Å². The normalized spacial score (nSPS) is 14.9. The van der Waals surface area contributed by atoms with Crippen molar-refractivity contribution in [3.8, 4) is 22.3 Å². The molecule has 0 saturated heterocycles. The average molecular weight is 381 g/mol. The summed E-state index contributed by atoms with van der Waals surface area (Å²) in [6.45, 7) is 4.77. The number of carbonyl (C=O) groups excluding carboxylic acids is 1. The Balaban J connectivity index is 1.66. The Morgan fingerprint density at radius 2 is 1.48 bits per heavy atom. The van der Waals surface area contributed by atoms with Crippen LogP contribution >= 0.6 is 0 Å². The van der Waals surface area contributed by atoms with Gasteiger partial charge in [-0.15, -0.1) is 0 Å². The molecule has 1 amide bonds. The Labute approximate surface area is 168 Å². The summed E-state index contributed by atoms with van der Waals surface area (Å²) in [4.78, 5) is 25.1. The number of carbonyl (C=O) groups is 1. The van der Waals surface area contributed by atoms with Crippen molar-refractivity contribution in [3.63, 3.8) is 0 Å². The van der Waals surface area contributed by atoms with Crippen molar-refractivity contribution in [1.29, 1.82) is 0 Å². The summed E-state index contributed by atoms with van der Waals surface area (Å²) in [5.41, 5.74) is 7.68. The van der Waals surface area contributed by atoms with E-state index in [1.165, 1.54) is 0 Å². The first-order chi connectivity index (χ1) is 14.1. The van der Waals surface area contributed by atoms with Crippen molar-refractivity contribution in [2.24, 2.45) is 9.98 Å². The largest absolute Gasteiger partial charge is 0.358 e. The van der Waals surface area contributed by atoms with E-state index in [0.29, 0.717) is 6.54 Å². The summed E-state index contributed by atoms with van der Waals surface area (Å²) in [5, 5.41) is 1.70. The molecule has 3 heterocycles. The molecule has 0 aliphatic carbocycles. The number of rotatable bonds is 3. The summed E-state index contributed by atoms with van der Waals surface area (Å²) in [7, 11) is 0. The van der Waals surface area contributed by atoms with Gasteiger partial charge in [0.2, 0.25) is 0 Å². The highest BCUT2D eigenvalue weighted by Crippen LogP contribution is 2.43. The molecule has 29 heavy (non-hydrogen) atoms. The highest BCUT2D eigenvalue weighted by molar-refractivity contribution is 6.08. The molecule has 0 aromatic heterocycles. The predicted octanol–water partition coefficient (Wildman–Crippen LogP) is 3.89. The third-order valence-corrected chi connectivity index (χ3v) is 5.78. The highest BCUT2D eigenvalue weighted by Gasteiger charge is 2.38. The molecule has 0 N–H and O–H groups in total. The van der Waals surface area contributed by atoms with E-state index in [9.17, 15) is 4.79 Å². The maximum Gasteiger partial charge on any atom is 0.257 e. The van der Waals surface area contributed by atoms with E-state index >= 15 is 0 Å². The third kappa shape index (κ3) is 2.22. The molecule has 0 saturated carbocycles. The van der Waals surface area contributed by atoms with Crippen LogP contribution in [0.4, 0.5) is 11.4 Å². The van der Waals surface area contributed by atoms with E-state index in [-0.39, 0.29) is 18.7 Å². The lowest BCUT2D eigenvalue weighted by Crippen LogP contribution is -2.30. The van der Waals surface area contributed by atoms with Crippen LogP contribution in [-0.4, -0.2) is 23.6 Å². The second kappa shape index (κ2) is 5.84. The van der Waals surface area contributed by atoms with Gasteiger partial charge in [-0.05, 0) is 31.5 Å². The van der Waals surface area contributed by atoms with Crippen LogP contribution in [0.5, 0.6) is 0 Å². The predicted molar refractivity (Wildman–Crippen MR) is 110 cm³/mol. The fraction of sp³-hybridized carbons (Fsp3) is 0.208. The van der Waals surface area contributed by atoms with Crippen molar-refractivity contribution in [2.75, 3.05) is 6.73 Å². The zero-order valence-corrected chi connectivity index (χ0v) is 16.3. The van der Waals surface area contributed by atoms with Crippen LogP contribution in [0, 0.1) is 0 Å². The number of benzene rings is 3. The number of amides is 1. The van der Waals surface area contributed by atoms with E-state index in [4.69, 9.17) is 14.7 Å². The molecule has 142 valence electrons. The summed E-state index contributed by atoms with van der Waals surface area (Å²) < 4.78 is 5.76. The molecule has 0 unspecified atom stereocenters. The van der Waals surface area contributed by atoms with Gasteiger partial charge < -0.3 is 9.64 Å². The molecular weight excluding hydrogens is 362 g/mol. The van der Waals surface area contributed by atoms with Gasteiger partial charge in [0.1, 0.15) is 6.73 Å². The Morgan fingerprint density at radius 3 is 2.14 bits per heavy atom. The van der Waals surface area contributed by atoms with E-state index in [1.807, 2.05) is 56.3 Å². The summed E-state index contributed by atoms with van der Waals surface area (Å²) in [6.07, 6.45) is 0.0643. The number of para-hydroxylation sites is 2. The number of ether oxygens (including phenoxy) is 1. The van der Waals surface area contributed by atoms with Crippen molar-refractivity contribution in [2.45, 2.75) is 26.5 Å². The molecule has 0 fully saturated rings. The topological polar surface area (TPSA) is 54.3 Å². The first-order valence-electron chi connectivity index (χ1n) is 9.89. The minimum absolute atomic E-state index is 0.0102. The molecule has 3 aromatic carbocycles. The minimum atomic E-state index is 0.0102. The number of nitrogens with zero attached hydrogens (tertiary/aromatic N) is 3. The lowest BCUT2D eigenvalue weighted by molar-refractivity contribution is -0.000646. The Kier molecular flexibility index (Phi) is 3.35. The highest BCUT2D eigenvalue weighted by atomic mass is 16.5. The van der Waals surface area contributed by atoms with Crippen LogP contribution in [0.1, 0.15) is 29.8 Å². The first kappa shape index (κ1) is 16.6. The lowest BCUT2D eigenvalue weighted by Gasteiger charge is -2.17. The van der Waals surface area contributed by atoms with Gasteiger partial charge in [0.15, 0.2) is 0 Å². The van der Waals surface area contributed by atoms with Crippen molar-refractivity contribution in [1.82, 2.24) is 4.90 Å². The smallest absolute Gasteiger partial charge is 0.257 e. The Hall–Kier alpha value is -3.31. The van der Waals surface area contributed by atoms with Gasteiger partial charge in [-0.3, -0.25) is 4.79 Å². The molecule has 5 nitrogen and oxygen atoms in total. The average Bonchev–Trinajstić information content (AvgIpc) is 3.37. The van der Waals surface area contributed by atoms with Gasteiger partial charge in [-0.2, -0.15) is 0 Å². The number of fused-ring (bicyclic) bond motifs is 10. The van der Waals surface area contributed by atoms with Gasteiger partial charge in [-0.1, -0.05) is 36.4 Å². The van der Waals surface area contributed by atoms with Gasteiger partial charge in [-0.25, -0.2) is 9.98 Å². The third-order valence-electron chi connectivity index (χ3n) is 5.78. The lowest BCUT2D eigenvalue weighted by atomic mass is 9.90. The summed E-state index contributed by atoms with van der Waals surface area (Å²) >= 11 is 0. The number of hydrogen-bond acceptors (Lipinski definition) is 4. The zero-order valence-electron chi connectivity index (χ0n) is 16.3. The molecule has 5 heteroatoms. The molecule has 3 aromatic rings. The molecule has 0 spiro atoms. The van der Waals surface area contributed by atoms with E-state index < -0.39 is 0 Å². The van der Waals surface area contributed by atoms with Gasteiger partial charge in [0.25, 0.3) is 5.91 Å². The summed E-state index contributed by atoms with van der Waals surface area (Å²) in [6, 6.07) is 16.1. The van der Waals surface area contributed by atoms with Gasteiger partial charge >= 0.3 is 0 Å². The standard InChI is InChI=1S/C24H19N3O2/c1-13(2)29-12-27-11-16-19-14-7-3-5-9-17(14)25-22(19)23-20(21(16)24(27)28)15-8-4-6-10-18(15)26-23/h3-10,13H,11-12H2,1-2H3. The monoisotopic (exact) mass is 381 g/mol. The maximum absolute atomic E-state index is 13.5. The SMILES string of the molecule is CC(C)OCN1Cc2c(c3c(c4c2-c2ccccc2N=4)=Nc2ccccc2-3)C1=O. The fourth-order valence-electron chi connectivity index (χ4n) is 4.51.